The molecule has 12 heteroatoms. The van der Waals surface area contributed by atoms with Crippen molar-refractivity contribution < 1.29 is 33.4 Å². The number of alkyl carbamates (subject to hydrolysis) is 1. The van der Waals surface area contributed by atoms with Gasteiger partial charge in [-0.3, -0.25) is 19.2 Å². The van der Waals surface area contributed by atoms with Gasteiger partial charge in [0.15, 0.2) is 0 Å². The van der Waals surface area contributed by atoms with Crippen molar-refractivity contribution in [2.45, 2.75) is 129 Å². The van der Waals surface area contributed by atoms with E-state index in [9.17, 15) is 24.0 Å². The maximum Gasteiger partial charge on any atom is 0.408 e. The van der Waals surface area contributed by atoms with Crippen molar-refractivity contribution in [3.63, 3.8) is 0 Å². The Morgan fingerprint density at radius 2 is 1.55 bits per heavy atom. The van der Waals surface area contributed by atoms with E-state index >= 15 is 0 Å². The van der Waals surface area contributed by atoms with Crippen molar-refractivity contribution >= 4 is 41.6 Å². The molecule has 0 radical (unpaired) electrons. The van der Waals surface area contributed by atoms with Gasteiger partial charge in [-0.2, -0.15) is 0 Å². The molecule has 1 heterocycles. The molecule has 1 saturated heterocycles. The minimum absolute atomic E-state index is 0.131. The zero-order valence-electron chi connectivity index (χ0n) is 24.7. The monoisotopic (exact) mass is 584 g/mol. The van der Waals surface area contributed by atoms with Crippen LogP contribution in [0.1, 0.15) is 92.9 Å². The fourth-order valence-corrected chi connectivity index (χ4v) is 5.46. The lowest BCUT2D eigenvalue weighted by Crippen LogP contribution is -2.59. The summed E-state index contributed by atoms with van der Waals surface area (Å²) in [7, 11) is 0. The lowest BCUT2D eigenvalue weighted by Gasteiger charge is -2.33. The summed E-state index contributed by atoms with van der Waals surface area (Å²) in [4.78, 5) is 64.0. The molecule has 0 aromatic carbocycles. The predicted molar refractivity (Wildman–Crippen MR) is 154 cm³/mol. The summed E-state index contributed by atoms with van der Waals surface area (Å²) in [5, 5.41) is 10.3. The Hall–Kier alpha value is -2.34. The van der Waals surface area contributed by atoms with Crippen molar-refractivity contribution in [3.05, 3.63) is 0 Å². The fraction of sp³-hybridized carbons (Fsp3) is 0.821. The molecule has 2 aliphatic rings. The largest absolute Gasteiger partial charge is 0.447 e. The molecule has 1 aliphatic carbocycles. The second-order valence-corrected chi connectivity index (χ2v) is 12.7. The Morgan fingerprint density at radius 3 is 2.08 bits per heavy atom. The SMILES string of the molecule is CC(C)OC(=O)N[C@H](C(=O)N[C@@H](CC1CCCCC1)C(=O)N[C@@H](C[C@@H]1CCNC1=O)C(=O)S)[C@@H](C)OC(C)(C)C. The third-order valence-corrected chi connectivity index (χ3v) is 7.44. The van der Waals surface area contributed by atoms with Crippen LogP contribution >= 0.6 is 12.6 Å². The Labute approximate surface area is 243 Å². The van der Waals surface area contributed by atoms with Crippen LogP contribution in [0.15, 0.2) is 0 Å². The number of carbonyl (C=O) groups is 5. The molecule has 0 unspecified atom stereocenters. The molecule has 0 spiro atoms. The maximum atomic E-state index is 13.6. The second kappa shape index (κ2) is 15.6. The normalized spacial score (nSPS) is 21.1. The van der Waals surface area contributed by atoms with Crippen LogP contribution in [-0.2, 0) is 28.7 Å². The molecule has 0 aromatic heterocycles. The first kappa shape index (κ1) is 33.9. The number of carbonyl (C=O) groups excluding carboxylic acids is 5. The Kier molecular flexibility index (Phi) is 13.2. The number of hydrogen-bond acceptors (Lipinski definition) is 7. The van der Waals surface area contributed by atoms with Gasteiger partial charge in [0.25, 0.3) is 0 Å². The first-order chi connectivity index (χ1) is 18.7. The quantitative estimate of drug-likeness (QED) is 0.209. The van der Waals surface area contributed by atoms with E-state index in [4.69, 9.17) is 9.47 Å². The molecule has 11 nitrogen and oxygen atoms in total. The molecular weight excluding hydrogens is 536 g/mol. The summed E-state index contributed by atoms with van der Waals surface area (Å²) in [5.74, 6) is -1.47. The minimum Gasteiger partial charge on any atom is -0.447 e. The molecule has 228 valence electrons. The van der Waals surface area contributed by atoms with Crippen LogP contribution in [0, 0.1) is 11.8 Å². The van der Waals surface area contributed by atoms with Crippen molar-refractivity contribution in [1.29, 1.82) is 0 Å². The second-order valence-electron chi connectivity index (χ2n) is 12.2. The third kappa shape index (κ3) is 11.6. The summed E-state index contributed by atoms with van der Waals surface area (Å²) in [6.07, 6.45) is 4.25. The Morgan fingerprint density at radius 1 is 0.925 bits per heavy atom. The average Bonchev–Trinajstić information content (AvgIpc) is 3.24. The van der Waals surface area contributed by atoms with E-state index in [0.29, 0.717) is 19.4 Å². The van der Waals surface area contributed by atoms with E-state index in [-0.39, 0.29) is 18.2 Å². The molecule has 2 rings (SSSR count). The van der Waals surface area contributed by atoms with Gasteiger partial charge in [0.1, 0.15) is 12.1 Å². The van der Waals surface area contributed by atoms with E-state index < -0.39 is 64.9 Å². The van der Waals surface area contributed by atoms with E-state index in [1.54, 1.807) is 20.8 Å². The summed E-state index contributed by atoms with van der Waals surface area (Å²) in [6, 6.07) is -3.08. The lowest BCUT2D eigenvalue weighted by atomic mass is 9.84. The summed E-state index contributed by atoms with van der Waals surface area (Å²) in [6.45, 7) is 11.1. The number of amides is 4. The molecule has 2 fully saturated rings. The van der Waals surface area contributed by atoms with E-state index in [1.807, 2.05) is 20.8 Å². The smallest absolute Gasteiger partial charge is 0.408 e. The van der Waals surface area contributed by atoms with Crippen LogP contribution in [0.5, 0.6) is 0 Å². The highest BCUT2D eigenvalue weighted by Crippen LogP contribution is 2.28. The first-order valence-corrected chi connectivity index (χ1v) is 14.9. The number of nitrogens with one attached hydrogen (secondary N) is 4. The standard InChI is InChI=1S/C28H48N4O7S/c1-16(2)38-27(37)32-22(17(3)39-28(4,5)6)25(35)30-20(14-18-10-8-7-9-11-18)24(34)31-21(26(36)40)15-19-12-13-29-23(19)33/h16-22H,7-15H2,1-6H3,(H,29,33)(H,30,35)(H,31,34)(H,32,37)(H,36,40)/t17-,19+,20+,21+,22+/m1/s1. The topological polar surface area (TPSA) is 152 Å². The molecule has 1 saturated carbocycles. The van der Waals surface area contributed by atoms with Gasteiger partial charge in [-0.25, -0.2) is 4.79 Å². The van der Waals surface area contributed by atoms with Gasteiger partial charge in [0, 0.05) is 12.5 Å². The van der Waals surface area contributed by atoms with Crippen molar-refractivity contribution in [2.24, 2.45) is 11.8 Å². The number of ether oxygens (including phenoxy) is 2. The Balaban J connectivity index is 2.24. The molecule has 4 amide bonds. The molecule has 1 aliphatic heterocycles. The highest BCUT2D eigenvalue weighted by molar-refractivity contribution is 7.96. The van der Waals surface area contributed by atoms with E-state index in [1.165, 1.54) is 0 Å². The zero-order chi connectivity index (χ0) is 30.0. The van der Waals surface area contributed by atoms with Gasteiger partial charge < -0.3 is 30.7 Å². The van der Waals surface area contributed by atoms with Gasteiger partial charge in [-0.05, 0) is 66.7 Å². The number of hydrogen-bond donors (Lipinski definition) is 5. The van der Waals surface area contributed by atoms with Crippen LogP contribution in [0.4, 0.5) is 4.79 Å². The highest BCUT2D eigenvalue weighted by atomic mass is 32.1. The van der Waals surface area contributed by atoms with E-state index in [0.717, 1.165) is 32.1 Å². The van der Waals surface area contributed by atoms with Gasteiger partial charge in [-0.1, -0.05) is 32.1 Å². The zero-order valence-corrected chi connectivity index (χ0v) is 25.6. The molecule has 40 heavy (non-hydrogen) atoms. The van der Waals surface area contributed by atoms with Gasteiger partial charge in [0.05, 0.1) is 23.9 Å². The summed E-state index contributed by atoms with van der Waals surface area (Å²) in [5.41, 5.74) is -0.604. The van der Waals surface area contributed by atoms with Crippen molar-refractivity contribution in [2.75, 3.05) is 6.54 Å². The van der Waals surface area contributed by atoms with E-state index in [2.05, 4.69) is 33.9 Å². The predicted octanol–water partition coefficient (Wildman–Crippen LogP) is 2.62. The molecular formula is C28H48N4O7S. The molecule has 0 bridgehead atoms. The average molecular weight is 585 g/mol. The molecule has 5 atom stereocenters. The Bertz CT molecular complexity index is 902. The van der Waals surface area contributed by atoms with Crippen LogP contribution < -0.4 is 21.3 Å². The van der Waals surface area contributed by atoms with Crippen molar-refractivity contribution in [3.8, 4) is 0 Å². The third-order valence-electron chi connectivity index (χ3n) is 7.13. The highest BCUT2D eigenvalue weighted by Gasteiger charge is 2.36. The lowest BCUT2D eigenvalue weighted by molar-refractivity contribution is -0.136. The van der Waals surface area contributed by atoms with Crippen LogP contribution in [-0.4, -0.2) is 71.4 Å². The van der Waals surface area contributed by atoms with Crippen LogP contribution in [0.2, 0.25) is 0 Å². The fourth-order valence-electron chi connectivity index (χ4n) is 5.29. The maximum absolute atomic E-state index is 13.6. The van der Waals surface area contributed by atoms with Crippen LogP contribution in [0.25, 0.3) is 0 Å². The van der Waals surface area contributed by atoms with Crippen molar-refractivity contribution in [1.82, 2.24) is 21.3 Å². The summed E-state index contributed by atoms with van der Waals surface area (Å²) >= 11 is 3.95. The minimum atomic E-state index is -1.14. The molecule has 0 aromatic rings. The number of thiol groups is 1. The number of rotatable bonds is 13. The van der Waals surface area contributed by atoms with Crippen LogP contribution in [0.3, 0.4) is 0 Å². The first-order valence-electron chi connectivity index (χ1n) is 14.4. The van der Waals surface area contributed by atoms with Gasteiger partial charge >= 0.3 is 6.09 Å². The van der Waals surface area contributed by atoms with Gasteiger partial charge in [-0.15, -0.1) is 12.6 Å². The van der Waals surface area contributed by atoms with Gasteiger partial charge in [0.2, 0.25) is 22.8 Å². The summed E-state index contributed by atoms with van der Waals surface area (Å²) < 4.78 is 11.2. The molecule has 4 N–H and O–H groups in total.